The number of nitrogens with zero attached hydrogens (tertiary/aromatic N) is 2. The van der Waals surface area contributed by atoms with E-state index in [4.69, 9.17) is 23.8 Å². The first-order valence-electron chi connectivity index (χ1n) is 6.95. The van der Waals surface area contributed by atoms with Crippen LogP contribution < -0.4 is 5.32 Å². The van der Waals surface area contributed by atoms with Crippen LogP contribution in [0.25, 0.3) is 0 Å². The van der Waals surface area contributed by atoms with Crippen LogP contribution in [-0.4, -0.2) is 43.8 Å². The standard InChI is InChI=1S/C15H22ClN3SSi/c1-18-15(20)13(21(4,5)6)14(19(18,2)3)17-12-9-7-11(16)8-10-12/h7-10H,1-6H3/p+1. The molecule has 0 saturated heterocycles. The van der Waals surface area contributed by atoms with Crippen molar-refractivity contribution < 1.29 is 4.59 Å². The molecule has 0 spiro atoms. The molecule has 1 aromatic rings. The molecule has 21 heavy (non-hydrogen) atoms. The molecule has 0 unspecified atom stereocenters. The Bertz CT molecular complexity index is 602. The third-order valence-corrected chi connectivity index (χ3v) is 6.77. The van der Waals surface area contributed by atoms with Gasteiger partial charge in [-0.2, -0.15) is 4.59 Å². The summed E-state index contributed by atoms with van der Waals surface area (Å²) in [5.41, 5.74) is 1.04. The molecule has 1 N–H and O–H groups in total. The maximum absolute atomic E-state index is 5.97. The zero-order valence-electron chi connectivity index (χ0n) is 13.5. The summed E-state index contributed by atoms with van der Waals surface area (Å²) in [5.74, 6) is 1.17. The second kappa shape index (κ2) is 5.39. The average Bonchev–Trinajstić information content (AvgIpc) is 2.53. The summed E-state index contributed by atoms with van der Waals surface area (Å²) in [6, 6.07) is 7.79. The highest BCUT2D eigenvalue weighted by Crippen LogP contribution is 2.35. The maximum atomic E-state index is 5.97. The molecule has 0 bridgehead atoms. The van der Waals surface area contributed by atoms with Gasteiger partial charge in [-0.15, -0.1) is 0 Å². The second-order valence-corrected chi connectivity index (χ2v) is 12.7. The number of thiocarbonyl (C=S) groups is 1. The number of likely N-dealkylation sites (N-methyl/N-ethyl adjacent to an activating group) is 1. The van der Waals surface area contributed by atoms with Crippen molar-refractivity contribution in [1.82, 2.24) is 5.01 Å². The first-order valence-corrected chi connectivity index (χ1v) is 11.2. The van der Waals surface area contributed by atoms with Gasteiger partial charge in [0.1, 0.15) is 0 Å². The fourth-order valence-corrected chi connectivity index (χ4v) is 5.65. The molecule has 0 amide bonds. The van der Waals surface area contributed by atoms with Gasteiger partial charge in [-0.3, -0.25) is 0 Å². The number of quaternary nitrogens is 1. The molecule has 0 radical (unpaired) electrons. The first-order chi connectivity index (χ1) is 9.55. The van der Waals surface area contributed by atoms with Crippen LogP contribution in [0.4, 0.5) is 5.69 Å². The van der Waals surface area contributed by atoms with Gasteiger partial charge in [0, 0.05) is 10.7 Å². The SMILES string of the molecule is CN1C(=S)C([Si](C)(C)C)=C(Nc2ccc(Cl)cc2)[N+]1(C)C. The van der Waals surface area contributed by atoms with Gasteiger partial charge in [0.15, 0.2) is 4.99 Å². The number of rotatable bonds is 3. The van der Waals surface area contributed by atoms with E-state index in [0.29, 0.717) is 4.59 Å². The monoisotopic (exact) mass is 340 g/mol. The minimum Gasteiger partial charge on any atom is -0.309 e. The highest BCUT2D eigenvalue weighted by Gasteiger charge is 2.47. The van der Waals surface area contributed by atoms with Crippen LogP contribution in [-0.2, 0) is 0 Å². The topological polar surface area (TPSA) is 15.3 Å². The minimum absolute atomic E-state index is 0.612. The summed E-state index contributed by atoms with van der Waals surface area (Å²) in [6.45, 7) is 6.99. The Balaban J connectivity index is 2.51. The van der Waals surface area contributed by atoms with Crippen LogP contribution in [0.3, 0.4) is 0 Å². The van der Waals surface area contributed by atoms with E-state index in [9.17, 15) is 0 Å². The summed E-state index contributed by atoms with van der Waals surface area (Å²) in [6.07, 6.45) is 0. The lowest BCUT2D eigenvalue weighted by Gasteiger charge is -2.33. The Morgan fingerprint density at radius 1 is 1.14 bits per heavy atom. The van der Waals surface area contributed by atoms with Crippen LogP contribution >= 0.6 is 23.8 Å². The molecule has 1 aromatic carbocycles. The predicted molar refractivity (Wildman–Crippen MR) is 97.9 cm³/mol. The summed E-state index contributed by atoms with van der Waals surface area (Å²) >= 11 is 11.7. The molecule has 0 aromatic heterocycles. The molecule has 6 heteroatoms. The molecular weight excluding hydrogens is 318 g/mol. The van der Waals surface area contributed by atoms with E-state index in [1.54, 1.807) is 0 Å². The maximum Gasteiger partial charge on any atom is 0.232 e. The van der Waals surface area contributed by atoms with Crippen molar-refractivity contribution in [2.45, 2.75) is 19.6 Å². The molecule has 0 atom stereocenters. The van der Waals surface area contributed by atoms with Crippen molar-refractivity contribution in [3.63, 3.8) is 0 Å². The molecule has 1 heterocycles. The molecule has 1 aliphatic heterocycles. The zero-order chi connectivity index (χ0) is 16.0. The van der Waals surface area contributed by atoms with Gasteiger partial charge >= 0.3 is 0 Å². The highest BCUT2D eigenvalue weighted by molar-refractivity contribution is 7.81. The first kappa shape index (κ1) is 16.5. The van der Waals surface area contributed by atoms with E-state index in [0.717, 1.165) is 15.7 Å². The lowest BCUT2D eigenvalue weighted by Crippen LogP contribution is -2.50. The van der Waals surface area contributed by atoms with Gasteiger partial charge in [0.2, 0.25) is 5.82 Å². The Morgan fingerprint density at radius 2 is 1.67 bits per heavy atom. The van der Waals surface area contributed by atoms with E-state index >= 15 is 0 Å². The molecule has 1 aliphatic rings. The van der Waals surface area contributed by atoms with Gasteiger partial charge in [-0.1, -0.05) is 43.5 Å². The van der Waals surface area contributed by atoms with Crippen molar-refractivity contribution >= 4 is 42.6 Å². The van der Waals surface area contributed by atoms with Crippen LogP contribution in [0, 0.1) is 0 Å². The minimum atomic E-state index is -1.55. The predicted octanol–water partition coefficient (Wildman–Crippen LogP) is 4.11. The van der Waals surface area contributed by atoms with E-state index < -0.39 is 8.07 Å². The second-order valence-electron chi connectivity index (χ2n) is 6.83. The fourth-order valence-electron chi connectivity index (χ4n) is 2.46. The molecular formula is C15H23ClN3SSi+. The van der Waals surface area contributed by atoms with Crippen LogP contribution in [0.1, 0.15) is 0 Å². The Labute approximate surface area is 138 Å². The van der Waals surface area contributed by atoms with E-state index in [-0.39, 0.29) is 0 Å². The molecule has 3 nitrogen and oxygen atoms in total. The molecule has 2 rings (SSSR count). The Morgan fingerprint density at radius 3 is 2.14 bits per heavy atom. The lowest BCUT2D eigenvalue weighted by molar-refractivity contribution is -0.946. The van der Waals surface area contributed by atoms with Crippen molar-refractivity contribution in [3.05, 3.63) is 40.3 Å². The van der Waals surface area contributed by atoms with Gasteiger partial charge < -0.3 is 5.32 Å². The van der Waals surface area contributed by atoms with E-state index in [1.165, 1.54) is 11.0 Å². The summed E-state index contributed by atoms with van der Waals surface area (Å²) in [5, 5.41) is 7.78. The van der Waals surface area contributed by atoms with Gasteiger partial charge in [-0.05, 0) is 24.3 Å². The van der Waals surface area contributed by atoms with Crippen molar-refractivity contribution in [1.29, 1.82) is 0 Å². The molecule has 0 saturated carbocycles. The quantitative estimate of drug-likeness (QED) is 0.506. The number of anilines is 1. The smallest absolute Gasteiger partial charge is 0.232 e. The third-order valence-electron chi connectivity index (χ3n) is 3.90. The van der Waals surface area contributed by atoms with Crippen molar-refractivity contribution in [2.75, 3.05) is 26.5 Å². The van der Waals surface area contributed by atoms with Gasteiger partial charge in [-0.25, -0.2) is 5.01 Å². The van der Waals surface area contributed by atoms with Crippen LogP contribution in [0.15, 0.2) is 35.3 Å². The van der Waals surface area contributed by atoms with Crippen LogP contribution in [0.2, 0.25) is 24.7 Å². The summed E-state index contributed by atoms with van der Waals surface area (Å²) in [7, 11) is 4.80. The number of hydrogen-bond acceptors (Lipinski definition) is 2. The normalized spacial score (nSPS) is 18.4. The average molecular weight is 341 g/mol. The number of benzene rings is 1. The molecule has 114 valence electrons. The van der Waals surface area contributed by atoms with Crippen LogP contribution in [0.5, 0.6) is 0 Å². The molecule has 0 fully saturated rings. The summed E-state index contributed by atoms with van der Waals surface area (Å²) in [4.78, 5) is 0.954. The van der Waals surface area contributed by atoms with Gasteiger partial charge in [0.25, 0.3) is 0 Å². The fraction of sp³-hybridized carbons (Fsp3) is 0.400. The van der Waals surface area contributed by atoms with Gasteiger partial charge in [0.05, 0.1) is 34.4 Å². The van der Waals surface area contributed by atoms with E-state index in [2.05, 4.69) is 51.1 Å². The Hall–Kier alpha value is -0.883. The Kier molecular flexibility index (Phi) is 4.23. The lowest BCUT2D eigenvalue weighted by atomic mass is 10.3. The van der Waals surface area contributed by atoms with Crippen molar-refractivity contribution in [3.8, 4) is 0 Å². The summed E-state index contributed by atoms with van der Waals surface area (Å²) < 4.78 is 0.612. The van der Waals surface area contributed by atoms with E-state index in [1.807, 2.05) is 24.3 Å². The number of hydrogen-bond donors (Lipinski definition) is 1. The molecule has 0 aliphatic carbocycles. The number of nitrogens with one attached hydrogen (secondary N) is 1. The number of halogens is 1. The third kappa shape index (κ3) is 3.01. The highest BCUT2D eigenvalue weighted by atomic mass is 35.5. The van der Waals surface area contributed by atoms with Crippen molar-refractivity contribution in [2.24, 2.45) is 0 Å². The largest absolute Gasteiger partial charge is 0.309 e. The zero-order valence-corrected chi connectivity index (χ0v) is 16.1.